The van der Waals surface area contributed by atoms with Crippen LogP contribution in [0.15, 0.2) is 12.1 Å². The molecule has 1 aliphatic carbocycles. The highest BCUT2D eigenvalue weighted by molar-refractivity contribution is 5.95. The van der Waals surface area contributed by atoms with Crippen LogP contribution in [-0.4, -0.2) is 57.3 Å². The Morgan fingerprint density at radius 3 is 2.24 bits per heavy atom. The van der Waals surface area contributed by atoms with Gasteiger partial charge in [-0.25, -0.2) is 4.79 Å². The summed E-state index contributed by atoms with van der Waals surface area (Å²) in [4.78, 5) is 27.4. The van der Waals surface area contributed by atoms with E-state index in [0.717, 1.165) is 25.8 Å². The van der Waals surface area contributed by atoms with E-state index >= 15 is 0 Å². The number of likely N-dealkylation sites (tertiary alicyclic amines) is 1. The second-order valence-electron chi connectivity index (χ2n) is 9.22. The third-order valence-electron chi connectivity index (χ3n) is 5.99. The second kappa shape index (κ2) is 7.76. The van der Waals surface area contributed by atoms with Crippen LogP contribution in [0.1, 0.15) is 50.4 Å². The molecule has 2 bridgehead atoms. The van der Waals surface area contributed by atoms with Crippen LogP contribution in [0.4, 0.5) is 0 Å². The maximum Gasteiger partial charge on any atom is 0.342 e. The van der Waals surface area contributed by atoms with Gasteiger partial charge in [0.2, 0.25) is 0 Å². The van der Waals surface area contributed by atoms with Gasteiger partial charge in [-0.3, -0.25) is 4.79 Å². The highest BCUT2D eigenvalue weighted by Crippen LogP contribution is 2.52. The Kier molecular flexibility index (Phi) is 5.70. The molecule has 0 unspecified atom stereocenters. The summed E-state index contributed by atoms with van der Waals surface area (Å²) in [5.74, 6) is 0.340. The lowest BCUT2D eigenvalue weighted by Gasteiger charge is -2.39. The van der Waals surface area contributed by atoms with Gasteiger partial charge in [0.15, 0.2) is 18.1 Å². The molecule has 7 heteroatoms. The Morgan fingerprint density at radius 2 is 1.62 bits per heavy atom. The first-order valence-corrected chi connectivity index (χ1v) is 9.88. The largest absolute Gasteiger partial charge is 0.496 e. The normalized spacial score (nSPS) is 24.8. The molecule has 1 saturated heterocycles. The van der Waals surface area contributed by atoms with E-state index in [-0.39, 0.29) is 34.9 Å². The van der Waals surface area contributed by atoms with Crippen molar-refractivity contribution in [3.63, 3.8) is 0 Å². The summed E-state index contributed by atoms with van der Waals surface area (Å²) in [6.07, 6.45) is 3.09. The molecule has 3 rings (SSSR count). The highest BCUT2D eigenvalue weighted by atomic mass is 16.5. The van der Waals surface area contributed by atoms with Crippen LogP contribution in [-0.2, 0) is 9.53 Å². The molecule has 2 atom stereocenters. The van der Waals surface area contributed by atoms with Gasteiger partial charge >= 0.3 is 5.97 Å². The lowest BCUT2D eigenvalue weighted by Crippen LogP contribution is -2.39. The van der Waals surface area contributed by atoms with E-state index in [1.54, 1.807) is 6.07 Å². The predicted molar refractivity (Wildman–Crippen MR) is 108 cm³/mol. The number of ether oxygens (including phenoxy) is 4. The summed E-state index contributed by atoms with van der Waals surface area (Å²) >= 11 is 0. The fourth-order valence-corrected chi connectivity index (χ4v) is 5.23. The number of carbonyl (C=O) groups excluding carboxylic acids is 2. The molecule has 1 saturated carbocycles. The van der Waals surface area contributed by atoms with Crippen molar-refractivity contribution in [3.8, 4) is 17.2 Å². The van der Waals surface area contributed by atoms with Gasteiger partial charge < -0.3 is 23.8 Å². The van der Waals surface area contributed by atoms with Gasteiger partial charge in [0.05, 0.1) is 21.3 Å². The molecule has 2 fully saturated rings. The SMILES string of the molecule is COc1cc(OC)c(C(=O)OCC(=O)N2C[C@]3(C)C[C@H]2CC(C)(C)C3)cc1OC. The molecule has 2 aliphatic rings. The third-order valence-corrected chi connectivity index (χ3v) is 5.99. The average molecular weight is 405 g/mol. The number of methoxy groups -OCH3 is 3. The van der Waals surface area contributed by atoms with E-state index in [4.69, 9.17) is 18.9 Å². The molecular weight excluding hydrogens is 374 g/mol. The van der Waals surface area contributed by atoms with Crippen molar-refractivity contribution in [1.82, 2.24) is 4.90 Å². The van der Waals surface area contributed by atoms with Gasteiger partial charge in [-0.1, -0.05) is 20.8 Å². The zero-order valence-electron chi connectivity index (χ0n) is 18.2. The van der Waals surface area contributed by atoms with Crippen molar-refractivity contribution in [3.05, 3.63) is 17.7 Å². The number of rotatable bonds is 6. The third kappa shape index (κ3) is 4.28. The number of esters is 1. The molecule has 0 spiro atoms. The number of hydrogen-bond acceptors (Lipinski definition) is 6. The van der Waals surface area contributed by atoms with Crippen LogP contribution in [0.3, 0.4) is 0 Å². The Morgan fingerprint density at radius 1 is 1.00 bits per heavy atom. The molecular formula is C22H31NO6. The first-order valence-electron chi connectivity index (χ1n) is 9.88. The van der Waals surface area contributed by atoms with Crippen molar-refractivity contribution in [2.45, 2.75) is 46.1 Å². The van der Waals surface area contributed by atoms with Crippen LogP contribution in [0.25, 0.3) is 0 Å². The quantitative estimate of drug-likeness (QED) is 0.676. The van der Waals surface area contributed by atoms with Crippen LogP contribution >= 0.6 is 0 Å². The monoisotopic (exact) mass is 405 g/mol. The van der Waals surface area contributed by atoms with Crippen LogP contribution in [0, 0.1) is 10.8 Å². The number of fused-ring (bicyclic) bond motifs is 2. The van der Waals surface area contributed by atoms with Crippen LogP contribution < -0.4 is 14.2 Å². The molecule has 0 N–H and O–H groups in total. The molecule has 1 heterocycles. The van der Waals surface area contributed by atoms with Gasteiger partial charge in [0.25, 0.3) is 5.91 Å². The van der Waals surface area contributed by atoms with Crippen molar-refractivity contribution in [2.24, 2.45) is 10.8 Å². The minimum Gasteiger partial charge on any atom is -0.496 e. The minimum atomic E-state index is -0.634. The Hall–Kier alpha value is -2.44. The van der Waals surface area contributed by atoms with E-state index in [0.29, 0.717) is 17.2 Å². The summed E-state index contributed by atoms with van der Waals surface area (Å²) in [6, 6.07) is 3.27. The first-order chi connectivity index (χ1) is 13.6. The fraction of sp³-hybridized carbons (Fsp3) is 0.636. The van der Waals surface area contributed by atoms with Crippen molar-refractivity contribution < 1.29 is 28.5 Å². The van der Waals surface area contributed by atoms with Gasteiger partial charge in [0.1, 0.15) is 11.3 Å². The standard InChI is InChI=1S/C22H31NO6/c1-21(2)9-14-10-22(3,12-21)13-23(14)19(24)11-29-20(25)15-7-17(27-5)18(28-6)8-16(15)26-4/h7-8,14H,9-13H2,1-6H3/t14-,22-/m1/s1. The zero-order valence-corrected chi connectivity index (χ0v) is 18.2. The highest BCUT2D eigenvalue weighted by Gasteiger charge is 2.50. The summed E-state index contributed by atoms with van der Waals surface area (Å²) in [6.45, 7) is 7.19. The molecule has 1 aliphatic heterocycles. The minimum absolute atomic E-state index is 0.138. The van der Waals surface area contributed by atoms with E-state index in [9.17, 15) is 9.59 Å². The molecule has 1 aromatic carbocycles. The molecule has 29 heavy (non-hydrogen) atoms. The number of amides is 1. The summed E-state index contributed by atoms with van der Waals surface area (Å²) in [5, 5.41) is 0. The molecule has 0 radical (unpaired) electrons. The van der Waals surface area contributed by atoms with Crippen LogP contribution in [0.5, 0.6) is 17.2 Å². The van der Waals surface area contributed by atoms with Crippen molar-refractivity contribution in [1.29, 1.82) is 0 Å². The number of benzene rings is 1. The Bertz CT molecular complexity index is 805. The molecule has 0 aromatic heterocycles. The Balaban J connectivity index is 1.69. The maximum atomic E-state index is 12.8. The van der Waals surface area contributed by atoms with Gasteiger partial charge in [0, 0.05) is 24.7 Å². The van der Waals surface area contributed by atoms with Crippen LogP contribution in [0.2, 0.25) is 0 Å². The molecule has 1 amide bonds. The molecule has 7 nitrogen and oxygen atoms in total. The van der Waals surface area contributed by atoms with E-state index in [1.807, 2.05) is 4.90 Å². The molecule has 1 aromatic rings. The number of nitrogens with zero attached hydrogens (tertiary/aromatic N) is 1. The molecule has 160 valence electrons. The summed E-state index contributed by atoms with van der Waals surface area (Å²) < 4.78 is 21.1. The lowest BCUT2D eigenvalue weighted by molar-refractivity contribution is -0.135. The van der Waals surface area contributed by atoms with Gasteiger partial charge in [-0.15, -0.1) is 0 Å². The second-order valence-corrected chi connectivity index (χ2v) is 9.22. The average Bonchev–Trinajstić information content (AvgIpc) is 2.93. The van der Waals surface area contributed by atoms with Gasteiger partial charge in [-0.05, 0) is 30.1 Å². The predicted octanol–water partition coefficient (Wildman–Crippen LogP) is 3.30. The number of carbonyl (C=O) groups is 2. The first kappa shape index (κ1) is 21.3. The van der Waals surface area contributed by atoms with E-state index in [2.05, 4.69) is 20.8 Å². The Labute approximate surface area is 172 Å². The lowest BCUT2D eigenvalue weighted by atomic mass is 9.65. The van der Waals surface area contributed by atoms with Crippen molar-refractivity contribution >= 4 is 11.9 Å². The van der Waals surface area contributed by atoms with E-state index in [1.165, 1.54) is 27.4 Å². The summed E-state index contributed by atoms with van der Waals surface area (Å²) in [5.41, 5.74) is 0.542. The number of hydrogen-bond donors (Lipinski definition) is 0. The van der Waals surface area contributed by atoms with E-state index < -0.39 is 5.97 Å². The maximum absolute atomic E-state index is 12.8. The smallest absolute Gasteiger partial charge is 0.342 e. The van der Waals surface area contributed by atoms with Gasteiger partial charge in [-0.2, -0.15) is 0 Å². The zero-order chi connectivity index (χ0) is 21.4. The van der Waals surface area contributed by atoms with Crippen molar-refractivity contribution in [2.75, 3.05) is 34.5 Å². The summed E-state index contributed by atoms with van der Waals surface area (Å²) in [7, 11) is 4.44. The topological polar surface area (TPSA) is 74.3 Å². The fourth-order valence-electron chi connectivity index (χ4n) is 5.23.